The van der Waals surface area contributed by atoms with Crippen LogP contribution in [-0.2, 0) is 0 Å². The Bertz CT molecular complexity index is 271. The third-order valence-corrected chi connectivity index (χ3v) is 2.72. The molecule has 0 fully saturated rings. The first kappa shape index (κ1) is 12.0. The van der Waals surface area contributed by atoms with E-state index in [0.29, 0.717) is 5.92 Å². The summed E-state index contributed by atoms with van der Waals surface area (Å²) in [6.45, 7) is 4.50. The Morgan fingerprint density at radius 1 is 1.13 bits per heavy atom. The summed E-state index contributed by atoms with van der Waals surface area (Å²) < 4.78 is 0. The fraction of sp³-hybridized carbons (Fsp3) is 0.467. The van der Waals surface area contributed by atoms with Crippen molar-refractivity contribution >= 4 is 0 Å². The molecule has 0 heteroatoms. The summed E-state index contributed by atoms with van der Waals surface area (Å²) in [7, 11) is 0. The average Bonchev–Trinajstić information content (AvgIpc) is 2.30. The van der Waals surface area contributed by atoms with Crippen LogP contribution >= 0.6 is 0 Å². The van der Waals surface area contributed by atoms with Crippen molar-refractivity contribution in [3.05, 3.63) is 48.0 Å². The maximum Gasteiger partial charge on any atom is -0.00104 e. The molecule has 0 radical (unpaired) electrons. The van der Waals surface area contributed by atoms with Crippen molar-refractivity contribution in [2.45, 2.75) is 45.4 Å². The molecule has 0 nitrogen and oxygen atoms in total. The van der Waals surface area contributed by atoms with Crippen LogP contribution in [0, 0.1) is 0 Å². The van der Waals surface area contributed by atoms with Crippen LogP contribution in [-0.4, -0.2) is 0 Å². The zero-order valence-electron chi connectivity index (χ0n) is 9.95. The molecule has 0 amide bonds. The van der Waals surface area contributed by atoms with Crippen LogP contribution < -0.4 is 0 Å². The van der Waals surface area contributed by atoms with E-state index in [-0.39, 0.29) is 0 Å². The SMILES string of the molecule is CCCCC/C=C/C(C)c1ccccc1. The van der Waals surface area contributed by atoms with Gasteiger partial charge in [-0.3, -0.25) is 0 Å². The van der Waals surface area contributed by atoms with E-state index < -0.39 is 0 Å². The number of benzene rings is 1. The third kappa shape index (κ3) is 4.83. The zero-order chi connectivity index (χ0) is 10.9. The highest BCUT2D eigenvalue weighted by Gasteiger charge is 1.98. The van der Waals surface area contributed by atoms with Crippen molar-refractivity contribution in [3.63, 3.8) is 0 Å². The first-order chi connectivity index (χ1) is 7.34. The van der Waals surface area contributed by atoms with Gasteiger partial charge >= 0.3 is 0 Å². The van der Waals surface area contributed by atoms with Gasteiger partial charge in [-0.15, -0.1) is 0 Å². The molecule has 0 aliphatic carbocycles. The van der Waals surface area contributed by atoms with Crippen LogP contribution in [0.25, 0.3) is 0 Å². The van der Waals surface area contributed by atoms with Gasteiger partial charge in [-0.2, -0.15) is 0 Å². The monoisotopic (exact) mass is 202 g/mol. The van der Waals surface area contributed by atoms with Gasteiger partial charge in [0.2, 0.25) is 0 Å². The van der Waals surface area contributed by atoms with Gasteiger partial charge in [0.1, 0.15) is 0 Å². The normalized spacial score (nSPS) is 13.2. The molecule has 0 bridgehead atoms. The molecule has 0 saturated heterocycles. The number of unbranched alkanes of at least 4 members (excludes halogenated alkanes) is 3. The molecule has 0 saturated carbocycles. The van der Waals surface area contributed by atoms with E-state index in [4.69, 9.17) is 0 Å². The Balaban J connectivity index is 2.32. The number of hydrogen-bond acceptors (Lipinski definition) is 0. The molecular formula is C15H22. The Morgan fingerprint density at radius 3 is 2.53 bits per heavy atom. The van der Waals surface area contributed by atoms with Crippen LogP contribution in [0.2, 0.25) is 0 Å². The summed E-state index contributed by atoms with van der Waals surface area (Å²) in [4.78, 5) is 0. The molecule has 1 aromatic carbocycles. The van der Waals surface area contributed by atoms with E-state index in [1.54, 1.807) is 0 Å². The van der Waals surface area contributed by atoms with Crippen molar-refractivity contribution in [1.82, 2.24) is 0 Å². The fourth-order valence-corrected chi connectivity index (χ4v) is 1.68. The summed E-state index contributed by atoms with van der Waals surface area (Å²) >= 11 is 0. The van der Waals surface area contributed by atoms with E-state index in [1.807, 2.05) is 0 Å². The molecule has 1 rings (SSSR count). The second kappa shape index (κ2) is 7.28. The second-order valence-corrected chi connectivity index (χ2v) is 4.12. The van der Waals surface area contributed by atoms with Gasteiger partial charge in [-0.25, -0.2) is 0 Å². The summed E-state index contributed by atoms with van der Waals surface area (Å²) in [5.74, 6) is 0.549. The van der Waals surface area contributed by atoms with Crippen molar-refractivity contribution < 1.29 is 0 Å². The highest BCUT2D eigenvalue weighted by atomic mass is 14.0. The van der Waals surface area contributed by atoms with Crippen molar-refractivity contribution in [1.29, 1.82) is 0 Å². The lowest BCUT2D eigenvalue weighted by Gasteiger charge is -2.05. The van der Waals surface area contributed by atoms with Gasteiger partial charge < -0.3 is 0 Å². The number of hydrogen-bond donors (Lipinski definition) is 0. The van der Waals surface area contributed by atoms with Gasteiger partial charge in [0.05, 0.1) is 0 Å². The van der Waals surface area contributed by atoms with Gasteiger partial charge in [-0.05, 0) is 24.3 Å². The summed E-state index contributed by atoms with van der Waals surface area (Å²) in [6, 6.07) is 10.7. The maximum absolute atomic E-state index is 2.33. The van der Waals surface area contributed by atoms with Gasteiger partial charge in [0, 0.05) is 0 Å². The second-order valence-electron chi connectivity index (χ2n) is 4.12. The molecule has 1 unspecified atom stereocenters. The van der Waals surface area contributed by atoms with Gasteiger partial charge in [0.25, 0.3) is 0 Å². The topological polar surface area (TPSA) is 0 Å². The Morgan fingerprint density at radius 2 is 1.87 bits per heavy atom. The minimum absolute atomic E-state index is 0.549. The molecule has 1 atom stereocenters. The molecule has 0 aliphatic rings. The highest BCUT2D eigenvalue weighted by molar-refractivity contribution is 5.22. The smallest absolute Gasteiger partial charge is 0.00104 e. The predicted molar refractivity (Wildman–Crippen MR) is 68.1 cm³/mol. The molecule has 0 spiro atoms. The van der Waals surface area contributed by atoms with E-state index in [1.165, 1.54) is 31.2 Å². The van der Waals surface area contributed by atoms with Gasteiger partial charge in [-0.1, -0.05) is 69.2 Å². The minimum Gasteiger partial charge on any atom is -0.0879 e. The van der Waals surface area contributed by atoms with Crippen LogP contribution in [0.5, 0.6) is 0 Å². The van der Waals surface area contributed by atoms with E-state index in [2.05, 4.69) is 56.3 Å². The van der Waals surface area contributed by atoms with Crippen molar-refractivity contribution in [2.75, 3.05) is 0 Å². The highest BCUT2D eigenvalue weighted by Crippen LogP contribution is 2.16. The quantitative estimate of drug-likeness (QED) is 0.453. The third-order valence-electron chi connectivity index (χ3n) is 2.72. The summed E-state index contributed by atoms with van der Waals surface area (Å²) in [5.41, 5.74) is 1.41. The van der Waals surface area contributed by atoms with Crippen LogP contribution in [0.4, 0.5) is 0 Å². The minimum atomic E-state index is 0.549. The lowest BCUT2D eigenvalue weighted by atomic mass is 10.0. The fourth-order valence-electron chi connectivity index (χ4n) is 1.68. The molecular weight excluding hydrogens is 180 g/mol. The number of rotatable bonds is 6. The molecule has 15 heavy (non-hydrogen) atoms. The van der Waals surface area contributed by atoms with E-state index in [9.17, 15) is 0 Å². The number of allylic oxidation sites excluding steroid dienone is 2. The van der Waals surface area contributed by atoms with E-state index in [0.717, 1.165) is 0 Å². The maximum atomic E-state index is 2.33. The summed E-state index contributed by atoms with van der Waals surface area (Å²) in [5, 5.41) is 0. The van der Waals surface area contributed by atoms with Crippen LogP contribution in [0.3, 0.4) is 0 Å². The largest absolute Gasteiger partial charge is 0.0879 e. The predicted octanol–water partition coefficient (Wildman–Crippen LogP) is 4.93. The Kier molecular flexibility index (Phi) is 5.84. The van der Waals surface area contributed by atoms with Crippen LogP contribution in [0.1, 0.15) is 51.0 Å². The molecule has 82 valence electrons. The molecule has 0 aromatic heterocycles. The average molecular weight is 202 g/mol. The Hall–Kier alpha value is -1.04. The first-order valence-electron chi connectivity index (χ1n) is 6.06. The molecule has 0 N–H and O–H groups in total. The van der Waals surface area contributed by atoms with Crippen molar-refractivity contribution in [3.8, 4) is 0 Å². The van der Waals surface area contributed by atoms with Gasteiger partial charge in [0.15, 0.2) is 0 Å². The van der Waals surface area contributed by atoms with Crippen LogP contribution in [0.15, 0.2) is 42.5 Å². The van der Waals surface area contributed by atoms with Crippen molar-refractivity contribution in [2.24, 2.45) is 0 Å². The summed E-state index contributed by atoms with van der Waals surface area (Å²) in [6.07, 6.45) is 9.87. The molecule has 1 aromatic rings. The molecule has 0 aliphatic heterocycles. The molecule has 0 heterocycles. The first-order valence-corrected chi connectivity index (χ1v) is 6.06. The zero-order valence-corrected chi connectivity index (χ0v) is 9.95. The standard InChI is InChI=1S/C15H22/c1-3-4-5-6-8-11-14(2)15-12-9-7-10-13-15/h7-14H,3-6H2,1-2H3/b11-8+. The van der Waals surface area contributed by atoms with E-state index >= 15 is 0 Å². The lowest BCUT2D eigenvalue weighted by molar-refractivity contribution is 0.727. The Labute approximate surface area is 94.0 Å². The lowest BCUT2D eigenvalue weighted by Crippen LogP contribution is -1.87.